The van der Waals surface area contributed by atoms with E-state index >= 15 is 0 Å². The van der Waals surface area contributed by atoms with E-state index in [4.69, 9.17) is 5.73 Å². The number of aromatic amines is 1. The van der Waals surface area contributed by atoms with Crippen molar-refractivity contribution >= 4 is 16.7 Å². The molecule has 0 spiro atoms. The summed E-state index contributed by atoms with van der Waals surface area (Å²) in [7, 11) is 1.78. The topological polar surface area (TPSA) is 89.6 Å². The molecule has 0 fully saturated rings. The van der Waals surface area contributed by atoms with Crippen LogP contribution < -0.4 is 11.3 Å². The number of hydrogen-bond acceptors (Lipinski definition) is 4. The Morgan fingerprint density at radius 2 is 2.00 bits per heavy atom. The predicted molar refractivity (Wildman–Crippen MR) is 86.8 cm³/mol. The van der Waals surface area contributed by atoms with Crippen LogP contribution in [-0.2, 0) is 19.9 Å². The molecule has 0 bridgehead atoms. The van der Waals surface area contributed by atoms with Crippen LogP contribution >= 0.6 is 0 Å². The molecular formula is C16H19N5O. The molecule has 6 heteroatoms. The fraction of sp³-hybridized carbons (Fsp3) is 0.312. The summed E-state index contributed by atoms with van der Waals surface area (Å²) < 4.78 is 1.61. The molecule has 22 heavy (non-hydrogen) atoms. The highest BCUT2D eigenvalue weighted by atomic mass is 16.1. The van der Waals surface area contributed by atoms with Crippen molar-refractivity contribution in [2.24, 2.45) is 7.05 Å². The minimum atomic E-state index is -0.146. The Morgan fingerprint density at radius 1 is 1.27 bits per heavy atom. The van der Waals surface area contributed by atoms with Crippen LogP contribution in [0, 0.1) is 0 Å². The second kappa shape index (κ2) is 5.63. The molecule has 0 aliphatic carbocycles. The zero-order valence-electron chi connectivity index (χ0n) is 12.8. The Hall–Kier alpha value is -2.63. The monoisotopic (exact) mass is 297 g/mol. The largest absolute Gasteiger partial charge is 0.399 e. The number of anilines is 1. The van der Waals surface area contributed by atoms with Gasteiger partial charge in [0.25, 0.3) is 5.56 Å². The maximum atomic E-state index is 12.3. The van der Waals surface area contributed by atoms with E-state index < -0.39 is 0 Å². The van der Waals surface area contributed by atoms with Crippen molar-refractivity contribution in [3.63, 3.8) is 0 Å². The van der Waals surface area contributed by atoms with Crippen LogP contribution in [0.3, 0.4) is 0 Å². The van der Waals surface area contributed by atoms with Crippen molar-refractivity contribution in [3.05, 3.63) is 51.7 Å². The Morgan fingerprint density at radius 3 is 2.68 bits per heavy atom. The molecule has 114 valence electrons. The number of nitrogen functional groups attached to an aromatic ring is 1. The van der Waals surface area contributed by atoms with E-state index in [2.05, 4.69) is 22.0 Å². The van der Waals surface area contributed by atoms with Crippen molar-refractivity contribution in [2.75, 3.05) is 5.73 Å². The summed E-state index contributed by atoms with van der Waals surface area (Å²) in [5.74, 6) is 0.646. The van der Waals surface area contributed by atoms with Gasteiger partial charge < -0.3 is 10.7 Å². The standard InChI is InChI=1S/C16H19N5O/c1-3-4-12-14-15(21(2)20-12)16(22)19-13(18-14)9-10-5-7-11(17)8-6-10/h5-8H,3-4,9,17H2,1-2H3,(H,18,19,22). The minimum Gasteiger partial charge on any atom is -0.399 e. The van der Waals surface area contributed by atoms with Gasteiger partial charge in [-0.2, -0.15) is 5.10 Å². The number of aryl methyl sites for hydroxylation is 2. The molecule has 2 aromatic heterocycles. The van der Waals surface area contributed by atoms with E-state index in [1.165, 1.54) is 0 Å². The summed E-state index contributed by atoms with van der Waals surface area (Å²) in [6.07, 6.45) is 2.34. The molecule has 3 rings (SSSR count). The molecule has 0 unspecified atom stereocenters. The van der Waals surface area contributed by atoms with Gasteiger partial charge >= 0.3 is 0 Å². The van der Waals surface area contributed by atoms with Crippen molar-refractivity contribution in [1.29, 1.82) is 0 Å². The van der Waals surface area contributed by atoms with Gasteiger partial charge in [0.15, 0.2) is 5.52 Å². The summed E-state index contributed by atoms with van der Waals surface area (Å²) >= 11 is 0. The first-order valence-electron chi connectivity index (χ1n) is 7.37. The number of nitrogens with one attached hydrogen (secondary N) is 1. The van der Waals surface area contributed by atoms with Gasteiger partial charge in [0, 0.05) is 19.2 Å². The second-order valence-electron chi connectivity index (χ2n) is 5.45. The molecule has 0 radical (unpaired) electrons. The lowest BCUT2D eigenvalue weighted by Gasteiger charge is -2.03. The molecule has 3 aromatic rings. The SMILES string of the molecule is CCCc1nn(C)c2c(=O)[nH]c(Cc3ccc(N)cc3)nc12. The summed E-state index contributed by atoms with van der Waals surface area (Å²) in [6.45, 7) is 2.09. The van der Waals surface area contributed by atoms with Crippen molar-refractivity contribution in [2.45, 2.75) is 26.2 Å². The van der Waals surface area contributed by atoms with Gasteiger partial charge in [-0.3, -0.25) is 9.48 Å². The Labute approximate surface area is 128 Å². The lowest BCUT2D eigenvalue weighted by atomic mass is 10.1. The van der Waals surface area contributed by atoms with Crippen LogP contribution in [0.4, 0.5) is 5.69 Å². The maximum absolute atomic E-state index is 12.3. The quantitative estimate of drug-likeness (QED) is 0.718. The van der Waals surface area contributed by atoms with Crippen LogP contribution in [0.2, 0.25) is 0 Å². The number of aromatic nitrogens is 4. The van der Waals surface area contributed by atoms with Crippen LogP contribution in [0.1, 0.15) is 30.4 Å². The number of fused-ring (bicyclic) bond motifs is 1. The van der Waals surface area contributed by atoms with E-state index in [0.717, 1.165) is 29.8 Å². The van der Waals surface area contributed by atoms with Crippen LogP contribution in [-0.4, -0.2) is 19.7 Å². The Balaban J connectivity index is 2.05. The van der Waals surface area contributed by atoms with E-state index in [0.29, 0.717) is 23.3 Å². The minimum absolute atomic E-state index is 0.146. The molecule has 0 aliphatic heterocycles. The first-order valence-corrected chi connectivity index (χ1v) is 7.37. The molecule has 0 aliphatic rings. The molecule has 1 aromatic carbocycles. The van der Waals surface area contributed by atoms with E-state index in [1.807, 2.05) is 24.3 Å². The number of hydrogen-bond donors (Lipinski definition) is 2. The number of H-pyrrole nitrogens is 1. The third-order valence-electron chi connectivity index (χ3n) is 3.65. The van der Waals surface area contributed by atoms with Gasteiger partial charge in [-0.05, 0) is 24.1 Å². The molecule has 6 nitrogen and oxygen atoms in total. The summed E-state index contributed by atoms with van der Waals surface area (Å²) in [6, 6.07) is 7.57. The summed E-state index contributed by atoms with van der Waals surface area (Å²) in [5, 5.41) is 4.42. The zero-order chi connectivity index (χ0) is 15.7. The van der Waals surface area contributed by atoms with Gasteiger partial charge in [0.2, 0.25) is 0 Å². The number of nitrogens with two attached hydrogens (primary N) is 1. The Bertz CT molecular complexity index is 861. The van der Waals surface area contributed by atoms with Gasteiger partial charge in [0.1, 0.15) is 11.3 Å². The summed E-state index contributed by atoms with van der Waals surface area (Å²) in [5.41, 5.74) is 9.44. The van der Waals surface area contributed by atoms with Crippen LogP contribution in [0.15, 0.2) is 29.1 Å². The van der Waals surface area contributed by atoms with E-state index in [1.54, 1.807) is 11.7 Å². The van der Waals surface area contributed by atoms with Crippen molar-refractivity contribution in [3.8, 4) is 0 Å². The van der Waals surface area contributed by atoms with Crippen molar-refractivity contribution < 1.29 is 0 Å². The highest BCUT2D eigenvalue weighted by Gasteiger charge is 2.14. The lowest BCUT2D eigenvalue weighted by molar-refractivity contribution is 0.750. The second-order valence-corrected chi connectivity index (χ2v) is 5.45. The fourth-order valence-corrected chi connectivity index (χ4v) is 2.61. The first kappa shape index (κ1) is 14.3. The van der Waals surface area contributed by atoms with Crippen molar-refractivity contribution in [1.82, 2.24) is 19.7 Å². The third kappa shape index (κ3) is 2.59. The molecule has 2 heterocycles. The molecule has 0 saturated heterocycles. The predicted octanol–water partition coefficient (Wildman–Crippen LogP) is 1.78. The van der Waals surface area contributed by atoms with Gasteiger partial charge in [-0.1, -0.05) is 25.5 Å². The molecule has 0 atom stereocenters. The maximum Gasteiger partial charge on any atom is 0.277 e. The third-order valence-corrected chi connectivity index (χ3v) is 3.65. The normalized spacial score (nSPS) is 11.2. The zero-order valence-corrected chi connectivity index (χ0v) is 12.8. The smallest absolute Gasteiger partial charge is 0.277 e. The highest BCUT2D eigenvalue weighted by Crippen LogP contribution is 2.15. The van der Waals surface area contributed by atoms with Gasteiger partial charge in [-0.25, -0.2) is 4.98 Å². The molecule has 3 N–H and O–H groups in total. The number of nitrogens with zero attached hydrogens (tertiary/aromatic N) is 3. The molecular weight excluding hydrogens is 278 g/mol. The fourth-order valence-electron chi connectivity index (χ4n) is 2.61. The lowest BCUT2D eigenvalue weighted by Crippen LogP contribution is -2.14. The highest BCUT2D eigenvalue weighted by molar-refractivity contribution is 5.76. The van der Waals surface area contributed by atoms with E-state index in [-0.39, 0.29) is 5.56 Å². The van der Waals surface area contributed by atoms with Crippen LogP contribution in [0.5, 0.6) is 0 Å². The molecule has 0 amide bonds. The Kier molecular flexibility index (Phi) is 3.66. The average Bonchev–Trinajstić information content (AvgIpc) is 2.79. The number of benzene rings is 1. The molecule has 0 saturated carbocycles. The van der Waals surface area contributed by atoms with Crippen LogP contribution in [0.25, 0.3) is 11.0 Å². The van der Waals surface area contributed by atoms with Gasteiger partial charge in [-0.15, -0.1) is 0 Å². The average molecular weight is 297 g/mol. The van der Waals surface area contributed by atoms with Gasteiger partial charge in [0.05, 0.1) is 5.69 Å². The first-order chi connectivity index (χ1) is 10.6. The summed E-state index contributed by atoms with van der Waals surface area (Å²) in [4.78, 5) is 19.8. The number of rotatable bonds is 4. The van der Waals surface area contributed by atoms with E-state index in [9.17, 15) is 4.79 Å².